The zero-order chi connectivity index (χ0) is 14.2. The molecule has 2 fully saturated rings. The number of amides is 1. The van der Waals surface area contributed by atoms with Gasteiger partial charge in [-0.25, -0.2) is 0 Å². The largest absolute Gasteiger partial charge is 0.338 e. The van der Waals surface area contributed by atoms with Gasteiger partial charge in [-0.2, -0.15) is 0 Å². The molecule has 0 bridgehead atoms. The monoisotopic (exact) mass is 272 g/mol. The van der Waals surface area contributed by atoms with Crippen molar-refractivity contribution in [3.05, 3.63) is 35.4 Å². The van der Waals surface area contributed by atoms with E-state index in [2.05, 4.69) is 16.8 Å². The maximum atomic E-state index is 12.6. The van der Waals surface area contributed by atoms with Gasteiger partial charge in [0.25, 0.3) is 5.91 Å². The number of likely N-dealkylation sites (tertiary alicyclic amines) is 2. The maximum Gasteiger partial charge on any atom is 0.253 e. The van der Waals surface area contributed by atoms with Crippen molar-refractivity contribution >= 4 is 5.91 Å². The van der Waals surface area contributed by atoms with Crippen LogP contribution in [0.25, 0.3) is 0 Å². The predicted octanol–water partition coefficient (Wildman–Crippen LogP) is 2.55. The van der Waals surface area contributed by atoms with E-state index < -0.39 is 0 Å². The average Bonchev–Trinajstić information content (AvgIpc) is 2.86. The molecule has 20 heavy (non-hydrogen) atoms. The Hall–Kier alpha value is -1.35. The van der Waals surface area contributed by atoms with Crippen LogP contribution in [0.15, 0.2) is 24.3 Å². The summed E-state index contributed by atoms with van der Waals surface area (Å²) in [6, 6.07) is 7.96. The maximum absolute atomic E-state index is 12.6. The normalized spacial score (nSPS) is 22.4. The summed E-state index contributed by atoms with van der Waals surface area (Å²) in [4.78, 5) is 17.1. The Morgan fingerprint density at radius 1 is 1.15 bits per heavy atom. The Kier molecular flexibility index (Phi) is 3.55. The Morgan fingerprint density at radius 2 is 1.85 bits per heavy atom. The van der Waals surface area contributed by atoms with Crippen LogP contribution in [-0.2, 0) is 0 Å². The highest BCUT2D eigenvalue weighted by Crippen LogP contribution is 2.40. The number of hydrogen-bond acceptors (Lipinski definition) is 2. The number of rotatable bonds is 1. The molecule has 1 aromatic rings. The summed E-state index contributed by atoms with van der Waals surface area (Å²) in [6.45, 7) is 6.27. The molecule has 108 valence electrons. The van der Waals surface area contributed by atoms with Gasteiger partial charge < -0.3 is 9.80 Å². The molecule has 0 unspecified atom stereocenters. The Bertz CT molecular complexity index is 503. The quantitative estimate of drug-likeness (QED) is 0.784. The average molecular weight is 272 g/mol. The van der Waals surface area contributed by atoms with Crippen LogP contribution in [0, 0.1) is 12.3 Å². The minimum atomic E-state index is 0.213. The van der Waals surface area contributed by atoms with Crippen molar-refractivity contribution in [2.45, 2.75) is 26.2 Å². The van der Waals surface area contributed by atoms with Gasteiger partial charge in [-0.3, -0.25) is 4.79 Å². The first-order valence-electron chi connectivity index (χ1n) is 7.63. The summed E-state index contributed by atoms with van der Waals surface area (Å²) >= 11 is 0. The van der Waals surface area contributed by atoms with E-state index in [1.807, 2.05) is 31.2 Å². The smallest absolute Gasteiger partial charge is 0.253 e. The van der Waals surface area contributed by atoms with Crippen LogP contribution in [0.2, 0.25) is 0 Å². The molecule has 1 spiro atoms. The van der Waals surface area contributed by atoms with Gasteiger partial charge in [0.1, 0.15) is 0 Å². The fraction of sp³-hybridized carbons (Fsp3) is 0.588. The van der Waals surface area contributed by atoms with Crippen LogP contribution < -0.4 is 0 Å². The van der Waals surface area contributed by atoms with Gasteiger partial charge in [0.15, 0.2) is 0 Å². The lowest BCUT2D eigenvalue weighted by molar-refractivity contribution is 0.0736. The molecule has 2 aliphatic heterocycles. The van der Waals surface area contributed by atoms with E-state index in [4.69, 9.17) is 0 Å². The lowest BCUT2D eigenvalue weighted by atomic mass is 9.78. The summed E-state index contributed by atoms with van der Waals surface area (Å²) < 4.78 is 0. The number of carbonyl (C=O) groups is 1. The number of piperidine rings is 1. The molecule has 0 saturated carbocycles. The zero-order valence-corrected chi connectivity index (χ0v) is 12.6. The van der Waals surface area contributed by atoms with E-state index in [0.29, 0.717) is 5.41 Å². The van der Waals surface area contributed by atoms with Crippen molar-refractivity contribution in [3.8, 4) is 0 Å². The first-order valence-corrected chi connectivity index (χ1v) is 7.63. The second-order valence-corrected chi connectivity index (χ2v) is 6.65. The second-order valence-electron chi connectivity index (χ2n) is 6.65. The lowest BCUT2D eigenvalue weighted by Gasteiger charge is -2.37. The summed E-state index contributed by atoms with van der Waals surface area (Å²) in [5.74, 6) is 0.213. The van der Waals surface area contributed by atoms with Crippen molar-refractivity contribution in [1.29, 1.82) is 0 Å². The molecule has 1 amide bonds. The number of carbonyl (C=O) groups excluding carboxylic acids is 1. The Balaban J connectivity index is 1.69. The van der Waals surface area contributed by atoms with Gasteiger partial charge in [0.05, 0.1) is 0 Å². The van der Waals surface area contributed by atoms with E-state index in [9.17, 15) is 4.79 Å². The van der Waals surface area contributed by atoms with Gasteiger partial charge in [-0.05, 0) is 63.9 Å². The van der Waals surface area contributed by atoms with E-state index in [1.54, 1.807) is 0 Å². The molecule has 0 atom stereocenters. The van der Waals surface area contributed by atoms with Crippen LogP contribution in [0.4, 0.5) is 0 Å². The molecular formula is C17H24N2O. The molecule has 0 N–H and O–H groups in total. The van der Waals surface area contributed by atoms with Crippen LogP contribution in [0.1, 0.15) is 35.2 Å². The second kappa shape index (κ2) is 5.21. The van der Waals surface area contributed by atoms with Gasteiger partial charge in [0, 0.05) is 18.7 Å². The molecule has 3 rings (SSSR count). The van der Waals surface area contributed by atoms with E-state index in [1.165, 1.54) is 32.4 Å². The van der Waals surface area contributed by atoms with Gasteiger partial charge in [-0.1, -0.05) is 17.7 Å². The van der Waals surface area contributed by atoms with Crippen molar-refractivity contribution in [2.75, 3.05) is 33.2 Å². The molecule has 0 aromatic heterocycles. The minimum Gasteiger partial charge on any atom is -0.338 e. The third-order valence-corrected chi connectivity index (χ3v) is 5.04. The highest BCUT2D eigenvalue weighted by molar-refractivity contribution is 5.94. The van der Waals surface area contributed by atoms with E-state index >= 15 is 0 Å². The third-order valence-electron chi connectivity index (χ3n) is 5.04. The van der Waals surface area contributed by atoms with Crippen molar-refractivity contribution in [1.82, 2.24) is 9.80 Å². The summed E-state index contributed by atoms with van der Waals surface area (Å²) in [6.07, 6.45) is 3.65. The van der Waals surface area contributed by atoms with Crippen molar-refractivity contribution in [3.63, 3.8) is 0 Å². The Morgan fingerprint density at radius 3 is 2.55 bits per heavy atom. The molecule has 0 aliphatic carbocycles. The van der Waals surface area contributed by atoms with Crippen molar-refractivity contribution in [2.24, 2.45) is 5.41 Å². The highest BCUT2D eigenvalue weighted by atomic mass is 16.2. The SMILES string of the molecule is Cc1cccc(C(=O)N2CCC3(CCN(C)CC3)C2)c1. The molecule has 3 heteroatoms. The van der Waals surface area contributed by atoms with Gasteiger partial charge >= 0.3 is 0 Å². The molecule has 2 saturated heterocycles. The molecule has 3 nitrogen and oxygen atoms in total. The zero-order valence-electron chi connectivity index (χ0n) is 12.6. The number of benzene rings is 1. The van der Waals surface area contributed by atoms with E-state index in [0.717, 1.165) is 24.2 Å². The summed E-state index contributed by atoms with van der Waals surface area (Å²) in [7, 11) is 2.19. The highest BCUT2D eigenvalue weighted by Gasteiger charge is 2.41. The summed E-state index contributed by atoms with van der Waals surface area (Å²) in [5.41, 5.74) is 2.39. The fourth-order valence-corrected chi connectivity index (χ4v) is 3.57. The van der Waals surface area contributed by atoms with Crippen LogP contribution in [0.5, 0.6) is 0 Å². The first-order chi connectivity index (χ1) is 9.58. The van der Waals surface area contributed by atoms with Crippen LogP contribution >= 0.6 is 0 Å². The van der Waals surface area contributed by atoms with Gasteiger partial charge in [0.2, 0.25) is 0 Å². The van der Waals surface area contributed by atoms with Crippen LogP contribution in [0.3, 0.4) is 0 Å². The molecule has 1 aromatic carbocycles. The number of hydrogen-bond donors (Lipinski definition) is 0. The topological polar surface area (TPSA) is 23.6 Å². The molecule has 2 aliphatic rings. The van der Waals surface area contributed by atoms with Crippen LogP contribution in [-0.4, -0.2) is 48.9 Å². The fourth-order valence-electron chi connectivity index (χ4n) is 3.57. The molecule has 2 heterocycles. The first kappa shape index (κ1) is 13.6. The standard InChI is InChI=1S/C17H24N2O/c1-14-4-3-5-15(12-14)16(20)19-11-8-17(13-19)6-9-18(2)10-7-17/h3-5,12H,6-11,13H2,1-2H3. The Labute approximate surface area is 121 Å². The molecule has 0 radical (unpaired) electrons. The number of aryl methyl sites for hydroxylation is 1. The predicted molar refractivity (Wildman–Crippen MR) is 80.9 cm³/mol. The third kappa shape index (κ3) is 2.59. The van der Waals surface area contributed by atoms with E-state index in [-0.39, 0.29) is 5.91 Å². The van der Waals surface area contributed by atoms with Gasteiger partial charge in [-0.15, -0.1) is 0 Å². The lowest BCUT2D eigenvalue weighted by Crippen LogP contribution is -2.40. The summed E-state index contributed by atoms with van der Waals surface area (Å²) in [5, 5.41) is 0. The minimum absolute atomic E-state index is 0.213. The van der Waals surface area contributed by atoms with Crippen molar-refractivity contribution < 1.29 is 4.79 Å². The molecular weight excluding hydrogens is 248 g/mol. The number of nitrogens with zero attached hydrogens (tertiary/aromatic N) is 2.